The zero-order valence-corrected chi connectivity index (χ0v) is 17.3. The molecule has 0 spiro atoms. The van der Waals surface area contributed by atoms with Crippen molar-refractivity contribution in [2.75, 3.05) is 20.8 Å². The molecule has 1 aromatic carbocycles. The van der Waals surface area contributed by atoms with Gasteiger partial charge in [0.25, 0.3) is 11.8 Å². The minimum atomic E-state index is -0.257. The molecule has 1 saturated carbocycles. The van der Waals surface area contributed by atoms with Gasteiger partial charge in [0.15, 0.2) is 18.1 Å². The minimum absolute atomic E-state index is 0.133. The van der Waals surface area contributed by atoms with Gasteiger partial charge < -0.3 is 24.8 Å². The number of pyridine rings is 1. The summed E-state index contributed by atoms with van der Waals surface area (Å²) in [4.78, 5) is 28.2. The first-order chi connectivity index (χ1) is 14.6. The van der Waals surface area contributed by atoms with Crippen LogP contribution in [-0.4, -0.2) is 43.7 Å². The Morgan fingerprint density at radius 2 is 1.93 bits per heavy atom. The summed E-state index contributed by atoms with van der Waals surface area (Å²) in [6.45, 7) is 0.214. The molecule has 160 valence electrons. The summed E-state index contributed by atoms with van der Waals surface area (Å²) in [6.07, 6.45) is 6.44. The van der Waals surface area contributed by atoms with Crippen molar-refractivity contribution in [3.8, 4) is 17.4 Å². The molecule has 1 aromatic heterocycles. The predicted molar refractivity (Wildman–Crippen MR) is 111 cm³/mol. The number of ether oxygens (including phenoxy) is 3. The molecule has 0 unspecified atom stereocenters. The van der Waals surface area contributed by atoms with Gasteiger partial charge in [-0.1, -0.05) is 0 Å². The number of nitrogens with one attached hydrogen (secondary N) is 2. The fourth-order valence-corrected chi connectivity index (χ4v) is 3.23. The summed E-state index contributed by atoms with van der Waals surface area (Å²) in [5.74, 6) is 0.852. The maximum absolute atomic E-state index is 12.6. The smallest absolute Gasteiger partial charge is 0.257 e. The SMILES string of the molecule is CNC(=O)COc1ccc(C(=O)NCc2ccnc(OC3CCCC3)c2)cc1OC. The van der Waals surface area contributed by atoms with E-state index < -0.39 is 0 Å². The molecule has 1 fully saturated rings. The van der Waals surface area contributed by atoms with Gasteiger partial charge in [0.2, 0.25) is 5.88 Å². The van der Waals surface area contributed by atoms with Crippen LogP contribution in [0.4, 0.5) is 0 Å². The van der Waals surface area contributed by atoms with Crippen LogP contribution in [-0.2, 0) is 11.3 Å². The zero-order valence-electron chi connectivity index (χ0n) is 17.3. The Morgan fingerprint density at radius 1 is 1.13 bits per heavy atom. The normalized spacial score (nSPS) is 13.5. The molecule has 1 aliphatic rings. The van der Waals surface area contributed by atoms with Gasteiger partial charge >= 0.3 is 0 Å². The van der Waals surface area contributed by atoms with Crippen LogP contribution >= 0.6 is 0 Å². The molecule has 1 heterocycles. The molecular formula is C22H27N3O5. The summed E-state index contributed by atoms with van der Waals surface area (Å²) in [7, 11) is 3.01. The highest BCUT2D eigenvalue weighted by atomic mass is 16.5. The second-order valence-electron chi connectivity index (χ2n) is 7.04. The Labute approximate surface area is 175 Å². The predicted octanol–water partition coefficient (Wildman–Crippen LogP) is 2.47. The van der Waals surface area contributed by atoms with Gasteiger partial charge in [0.1, 0.15) is 6.10 Å². The highest BCUT2D eigenvalue weighted by Crippen LogP contribution is 2.28. The lowest BCUT2D eigenvalue weighted by molar-refractivity contribution is -0.122. The van der Waals surface area contributed by atoms with Gasteiger partial charge in [0, 0.05) is 31.4 Å². The number of nitrogens with zero attached hydrogens (tertiary/aromatic N) is 1. The molecule has 0 saturated heterocycles. The summed E-state index contributed by atoms with van der Waals surface area (Å²) >= 11 is 0. The topological polar surface area (TPSA) is 98.8 Å². The van der Waals surface area contributed by atoms with E-state index in [2.05, 4.69) is 15.6 Å². The lowest BCUT2D eigenvalue weighted by Gasteiger charge is -2.13. The van der Waals surface area contributed by atoms with Crippen LogP contribution in [0.2, 0.25) is 0 Å². The second kappa shape index (κ2) is 10.5. The summed E-state index contributed by atoms with van der Waals surface area (Å²) in [6, 6.07) is 8.51. The first-order valence-electron chi connectivity index (χ1n) is 10.00. The van der Waals surface area contributed by atoms with Crippen molar-refractivity contribution in [1.29, 1.82) is 0 Å². The van der Waals surface area contributed by atoms with Gasteiger partial charge in [-0.2, -0.15) is 0 Å². The molecular weight excluding hydrogens is 386 g/mol. The third kappa shape index (κ3) is 5.85. The van der Waals surface area contributed by atoms with Crippen molar-refractivity contribution in [2.45, 2.75) is 38.3 Å². The highest BCUT2D eigenvalue weighted by Gasteiger charge is 2.17. The Morgan fingerprint density at radius 3 is 2.67 bits per heavy atom. The van der Waals surface area contributed by atoms with E-state index in [1.54, 1.807) is 24.4 Å². The molecule has 2 amide bonds. The largest absolute Gasteiger partial charge is 0.493 e. The van der Waals surface area contributed by atoms with Crippen molar-refractivity contribution in [2.24, 2.45) is 0 Å². The van der Waals surface area contributed by atoms with Gasteiger partial charge in [-0.05, 0) is 55.5 Å². The summed E-state index contributed by atoms with van der Waals surface area (Å²) in [5.41, 5.74) is 1.33. The molecule has 3 rings (SSSR count). The van der Waals surface area contributed by atoms with Crippen molar-refractivity contribution in [1.82, 2.24) is 15.6 Å². The number of hydrogen-bond donors (Lipinski definition) is 2. The Hall–Kier alpha value is -3.29. The van der Waals surface area contributed by atoms with E-state index in [4.69, 9.17) is 14.2 Å². The number of methoxy groups -OCH3 is 1. The second-order valence-corrected chi connectivity index (χ2v) is 7.04. The molecule has 8 nitrogen and oxygen atoms in total. The standard InChI is InChI=1S/C22H27N3O5/c1-23-20(26)14-29-18-8-7-16(12-19(18)28-2)22(27)25-13-15-9-10-24-21(11-15)30-17-5-3-4-6-17/h7-12,17H,3-6,13-14H2,1-2H3,(H,23,26)(H,25,27). The zero-order chi connectivity index (χ0) is 21.3. The van der Waals surface area contributed by atoms with E-state index in [9.17, 15) is 9.59 Å². The van der Waals surface area contributed by atoms with E-state index >= 15 is 0 Å². The molecule has 0 atom stereocenters. The van der Waals surface area contributed by atoms with Crippen LogP contribution in [0.15, 0.2) is 36.5 Å². The average Bonchev–Trinajstić information content (AvgIpc) is 3.28. The lowest BCUT2D eigenvalue weighted by atomic mass is 10.1. The van der Waals surface area contributed by atoms with Crippen molar-refractivity contribution in [3.05, 3.63) is 47.7 Å². The van der Waals surface area contributed by atoms with Gasteiger partial charge in [-0.25, -0.2) is 4.98 Å². The maximum atomic E-state index is 12.6. The van der Waals surface area contributed by atoms with E-state index in [1.807, 2.05) is 12.1 Å². The molecule has 0 bridgehead atoms. The first-order valence-corrected chi connectivity index (χ1v) is 10.00. The molecule has 8 heteroatoms. The number of aromatic nitrogens is 1. The molecule has 1 aliphatic carbocycles. The Balaban J connectivity index is 1.58. The first kappa shape index (κ1) is 21.4. The third-order valence-electron chi connectivity index (χ3n) is 4.91. The third-order valence-corrected chi connectivity index (χ3v) is 4.91. The van der Waals surface area contributed by atoms with Crippen LogP contribution in [0.3, 0.4) is 0 Å². The number of likely N-dealkylation sites (N-methyl/N-ethyl adjacent to an activating group) is 1. The summed E-state index contributed by atoms with van der Waals surface area (Å²) in [5, 5.41) is 5.36. The molecule has 0 aliphatic heterocycles. The van der Waals surface area contributed by atoms with E-state index in [0.29, 0.717) is 29.5 Å². The number of amides is 2. The fourth-order valence-electron chi connectivity index (χ4n) is 3.23. The maximum Gasteiger partial charge on any atom is 0.257 e. The summed E-state index contributed by atoms with van der Waals surface area (Å²) < 4.78 is 16.6. The number of carbonyl (C=O) groups excluding carboxylic acids is 2. The highest BCUT2D eigenvalue weighted by molar-refractivity contribution is 5.94. The van der Waals surface area contributed by atoms with Crippen molar-refractivity contribution in [3.63, 3.8) is 0 Å². The lowest BCUT2D eigenvalue weighted by Crippen LogP contribution is -2.25. The van der Waals surface area contributed by atoms with Crippen LogP contribution < -0.4 is 24.8 Å². The van der Waals surface area contributed by atoms with Crippen molar-refractivity contribution < 1.29 is 23.8 Å². The Bertz CT molecular complexity index is 881. The molecule has 30 heavy (non-hydrogen) atoms. The molecule has 2 aromatic rings. The molecule has 0 radical (unpaired) electrons. The van der Waals surface area contributed by atoms with Crippen LogP contribution in [0, 0.1) is 0 Å². The number of benzene rings is 1. The van der Waals surface area contributed by atoms with Gasteiger partial charge in [0.05, 0.1) is 7.11 Å². The Kier molecular flexibility index (Phi) is 7.48. The van der Waals surface area contributed by atoms with E-state index in [0.717, 1.165) is 18.4 Å². The number of hydrogen-bond acceptors (Lipinski definition) is 6. The molecule has 2 N–H and O–H groups in total. The fraction of sp³-hybridized carbons (Fsp3) is 0.409. The van der Waals surface area contributed by atoms with Gasteiger partial charge in [-0.3, -0.25) is 9.59 Å². The monoisotopic (exact) mass is 413 g/mol. The van der Waals surface area contributed by atoms with Gasteiger partial charge in [-0.15, -0.1) is 0 Å². The van der Waals surface area contributed by atoms with E-state index in [1.165, 1.54) is 27.0 Å². The van der Waals surface area contributed by atoms with Crippen molar-refractivity contribution >= 4 is 11.8 Å². The minimum Gasteiger partial charge on any atom is -0.493 e. The van der Waals surface area contributed by atoms with Crippen LogP contribution in [0.5, 0.6) is 17.4 Å². The number of carbonyl (C=O) groups is 2. The number of rotatable bonds is 9. The average molecular weight is 413 g/mol. The van der Waals surface area contributed by atoms with E-state index in [-0.39, 0.29) is 24.5 Å². The quantitative estimate of drug-likeness (QED) is 0.655. The van der Waals surface area contributed by atoms with Crippen LogP contribution in [0.25, 0.3) is 0 Å². The van der Waals surface area contributed by atoms with Crippen LogP contribution in [0.1, 0.15) is 41.6 Å².